The van der Waals surface area contributed by atoms with E-state index in [4.69, 9.17) is 23.2 Å². The SMILES string of the molecule is ClCc1c(Cl)cccc1N1CC2CCCC2C1. The van der Waals surface area contributed by atoms with Gasteiger partial charge in [-0.25, -0.2) is 0 Å². The van der Waals surface area contributed by atoms with Crippen molar-refractivity contribution in [3.05, 3.63) is 28.8 Å². The molecule has 1 saturated carbocycles. The molecule has 1 heterocycles. The highest BCUT2D eigenvalue weighted by Crippen LogP contribution is 2.41. The largest absolute Gasteiger partial charge is 0.371 e. The molecule has 1 aliphatic carbocycles. The van der Waals surface area contributed by atoms with E-state index in [-0.39, 0.29) is 0 Å². The molecule has 0 aromatic heterocycles. The molecular formula is C14H17Cl2N. The summed E-state index contributed by atoms with van der Waals surface area (Å²) in [7, 11) is 0. The minimum atomic E-state index is 0.501. The van der Waals surface area contributed by atoms with Gasteiger partial charge in [0.25, 0.3) is 0 Å². The third-order valence-corrected chi connectivity index (χ3v) is 4.92. The number of hydrogen-bond donors (Lipinski definition) is 0. The lowest BCUT2D eigenvalue weighted by molar-refractivity contribution is 0.494. The van der Waals surface area contributed by atoms with E-state index < -0.39 is 0 Å². The zero-order valence-corrected chi connectivity index (χ0v) is 11.3. The minimum absolute atomic E-state index is 0.501. The Kier molecular flexibility index (Phi) is 3.23. The van der Waals surface area contributed by atoms with Gasteiger partial charge in [0.15, 0.2) is 0 Å². The number of fused-ring (bicyclic) bond motifs is 1. The van der Waals surface area contributed by atoms with Crippen molar-refractivity contribution in [3.63, 3.8) is 0 Å². The fourth-order valence-electron chi connectivity index (χ4n) is 3.41. The molecule has 1 nitrogen and oxygen atoms in total. The van der Waals surface area contributed by atoms with Crippen molar-refractivity contribution >= 4 is 28.9 Å². The first-order valence-corrected chi connectivity index (χ1v) is 7.29. The molecule has 1 aromatic rings. The first kappa shape index (κ1) is 11.7. The van der Waals surface area contributed by atoms with Crippen molar-refractivity contribution in [1.82, 2.24) is 0 Å². The van der Waals surface area contributed by atoms with Gasteiger partial charge >= 0.3 is 0 Å². The standard InChI is InChI=1S/C14H17Cl2N/c15-7-12-13(16)5-2-6-14(12)17-8-10-3-1-4-11(10)9-17/h2,5-6,10-11H,1,3-4,7-9H2. The summed E-state index contributed by atoms with van der Waals surface area (Å²) in [5.74, 6) is 2.30. The molecule has 0 bridgehead atoms. The minimum Gasteiger partial charge on any atom is -0.371 e. The molecule has 3 heteroatoms. The highest BCUT2D eigenvalue weighted by atomic mass is 35.5. The third-order valence-electron chi connectivity index (χ3n) is 4.29. The van der Waals surface area contributed by atoms with Crippen LogP contribution < -0.4 is 4.90 Å². The van der Waals surface area contributed by atoms with Crippen LogP contribution in [-0.2, 0) is 5.88 Å². The fraction of sp³-hybridized carbons (Fsp3) is 0.571. The lowest BCUT2D eigenvalue weighted by atomic mass is 10.0. The summed E-state index contributed by atoms with van der Waals surface area (Å²) >= 11 is 12.2. The van der Waals surface area contributed by atoms with E-state index in [1.165, 1.54) is 38.0 Å². The van der Waals surface area contributed by atoms with Gasteiger partial charge in [-0.3, -0.25) is 0 Å². The molecular weight excluding hydrogens is 253 g/mol. The summed E-state index contributed by atoms with van der Waals surface area (Å²) in [4.78, 5) is 2.48. The van der Waals surface area contributed by atoms with Crippen LogP contribution in [0.2, 0.25) is 5.02 Å². The average molecular weight is 270 g/mol. The van der Waals surface area contributed by atoms with Crippen LogP contribution in [0.1, 0.15) is 24.8 Å². The van der Waals surface area contributed by atoms with E-state index in [1.807, 2.05) is 12.1 Å². The molecule has 0 radical (unpaired) electrons. The van der Waals surface area contributed by atoms with Crippen LogP contribution >= 0.6 is 23.2 Å². The van der Waals surface area contributed by atoms with Crippen molar-refractivity contribution in [1.29, 1.82) is 0 Å². The van der Waals surface area contributed by atoms with Crippen molar-refractivity contribution in [2.75, 3.05) is 18.0 Å². The van der Waals surface area contributed by atoms with Crippen molar-refractivity contribution in [2.24, 2.45) is 11.8 Å². The molecule has 2 atom stereocenters. The zero-order valence-electron chi connectivity index (χ0n) is 9.83. The molecule has 3 rings (SSSR count). The molecule has 2 unspecified atom stereocenters. The van der Waals surface area contributed by atoms with Crippen LogP contribution in [-0.4, -0.2) is 13.1 Å². The van der Waals surface area contributed by atoms with E-state index in [9.17, 15) is 0 Å². The first-order valence-electron chi connectivity index (χ1n) is 6.38. The van der Waals surface area contributed by atoms with Gasteiger partial charge in [0, 0.05) is 29.4 Å². The molecule has 1 saturated heterocycles. The fourth-order valence-corrected chi connectivity index (χ4v) is 3.99. The van der Waals surface area contributed by atoms with Crippen LogP contribution in [0.15, 0.2) is 18.2 Å². The highest BCUT2D eigenvalue weighted by molar-refractivity contribution is 6.32. The summed E-state index contributed by atoms with van der Waals surface area (Å²) in [5.41, 5.74) is 2.35. The average Bonchev–Trinajstić information content (AvgIpc) is 2.88. The summed E-state index contributed by atoms with van der Waals surface area (Å²) in [6.07, 6.45) is 4.22. The van der Waals surface area contributed by atoms with Gasteiger partial charge in [-0.05, 0) is 36.8 Å². The van der Waals surface area contributed by atoms with Gasteiger partial charge in [-0.15, -0.1) is 11.6 Å². The summed E-state index contributed by atoms with van der Waals surface area (Å²) in [6.45, 7) is 2.38. The van der Waals surface area contributed by atoms with Crippen molar-refractivity contribution in [2.45, 2.75) is 25.1 Å². The molecule has 92 valence electrons. The molecule has 2 aliphatic rings. The highest BCUT2D eigenvalue weighted by Gasteiger charge is 2.36. The summed E-state index contributed by atoms with van der Waals surface area (Å²) in [5, 5.41) is 0.801. The lowest BCUT2D eigenvalue weighted by Gasteiger charge is -2.23. The van der Waals surface area contributed by atoms with Gasteiger partial charge < -0.3 is 4.90 Å². The quantitative estimate of drug-likeness (QED) is 0.723. The smallest absolute Gasteiger partial charge is 0.0509 e. The van der Waals surface area contributed by atoms with Gasteiger partial charge in [0.1, 0.15) is 0 Å². The number of hydrogen-bond acceptors (Lipinski definition) is 1. The number of anilines is 1. The van der Waals surface area contributed by atoms with Crippen LogP contribution in [0.4, 0.5) is 5.69 Å². The molecule has 2 fully saturated rings. The number of benzene rings is 1. The van der Waals surface area contributed by atoms with E-state index >= 15 is 0 Å². The number of nitrogens with zero attached hydrogens (tertiary/aromatic N) is 1. The Labute approximate surface area is 113 Å². The molecule has 0 amide bonds. The maximum absolute atomic E-state index is 6.22. The predicted molar refractivity (Wildman–Crippen MR) is 74.1 cm³/mol. The molecule has 17 heavy (non-hydrogen) atoms. The maximum atomic E-state index is 6.22. The Morgan fingerprint density at radius 3 is 2.53 bits per heavy atom. The lowest BCUT2D eigenvalue weighted by Crippen LogP contribution is -2.21. The first-order chi connectivity index (χ1) is 8.29. The number of halogens is 2. The zero-order chi connectivity index (χ0) is 11.8. The van der Waals surface area contributed by atoms with E-state index in [2.05, 4.69) is 11.0 Å². The molecule has 0 N–H and O–H groups in total. The van der Waals surface area contributed by atoms with Crippen LogP contribution in [0.25, 0.3) is 0 Å². The summed E-state index contributed by atoms with van der Waals surface area (Å²) in [6, 6.07) is 6.12. The summed E-state index contributed by atoms with van der Waals surface area (Å²) < 4.78 is 0. The second-order valence-electron chi connectivity index (χ2n) is 5.23. The Balaban J connectivity index is 1.88. The number of rotatable bonds is 2. The van der Waals surface area contributed by atoms with Gasteiger partial charge in [0.05, 0.1) is 5.88 Å². The van der Waals surface area contributed by atoms with Crippen LogP contribution in [0, 0.1) is 11.8 Å². The Morgan fingerprint density at radius 1 is 1.18 bits per heavy atom. The van der Waals surface area contributed by atoms with E-state index in [0.717, 1.165) is 22.4 Å². The van der Waals surface area contributed by atoms with Crippen LogP contribution in [0.5, 0.6) is 0 Å². The normalized spacial score (nSPS) is 27.5. The van der Waals surface area contributed by atoms with E-state index in [0.29, 0.717) is 5.88 Å². The number of alkyl halides is 1. The van der Waals surface area contributed by atoms with Gasteiger partial charge in [0.2, 0.25) is 0 Å². The van der Waals surface area contributed by atoms with E-state index in [1.54, 1.807) is 0 Å². The Bertz CT molecular complexity index is 407. The molecule has 1 aromatic carbocycles. The van der Waals surface area contributed by atoms with Crippen molar-refractivity contribution in [3.8, 4) is 0 Å². The maximum Gasteiger partial charge on any atom is 0.0509 e. The Morgan fingerprint density at radius 2 is 1.88 bits per heavy atom. The van der Waals surface area contributed by atoms with Crippen LogP contribution in [0.3, 0.4) is 0 Å². The topological polar surface area (TPSA) is 3.24 Å². The van der Waals surface area contributed by atoms with Gasteiger partial charge in [-0.1, -0.05) is 24.1 Å². The van der Waals surface area contributed by atoms with Crippen molar-refractivity contribution < 1.29 is 0 Å². The van der Waals surface area contributed by atoms with Gasteiger partial charge in [-0.2, -0.15) is 0 Å². The second-order valence-corrected chi connectivity index (χ2v) is 5.90. The Hall–Kier alpha value is -0.400. The predicted octanol–water partition coefficient (Wildman–Crippen LogP) is 4.32. The molecule has 0 spiro atoms. The third kappa shape index (κ3) is 2.04. The monoisotopic (exact) mass is 269 g/mol. The second kappa shape index (κ2) is 4.70. The molecule has 1 aliphatic heterocycles.